The van der Waals surface area contributed by atoms with Gasteiger partial charge in [-0.1, -0.05) is 0 Å². The molecule has 0 saturated carbocycles. The predicted molar refractivity (Wildman–Crippen MR) is 50.3 cm³/mol. The normalized spacial score (nSPS) is 12.0. The number of sulfonamides is 1. The Bertz CT molecular complexity index is 432. The van der Waals surface area contributed by atoms with Crippen molar-refractivity contribution in [3.05, 3.63) is 24.0 Å². The molecule has 1 aromatic heterocycles. The molecule has 84 valence electrons. The first-order valence-corrected chi connectivity index (χ1v) is 5.65. The standard InChI is InChI=1S/C8H10F2N2O2S/c9-4-6(5-10)8-7(15(11,13)14)2-1-3-12-8/h1-3,6H,4-5H2,(H2,11,13,14). The van der Waals surface area contributed by atoms with Crippen LogP contribution in [0.1, 0.15) is 11.6 Å². The van der Waals surface area contributed by atoms with E-state index < -0.39 is 29.3 Å². The molecule has 15 heavy (non-hydrogen) atoms. The van der Waals surface area contributed by atoms with Gasteiger partial charge in [0, 0.05) is 6.20 Å². The van der Waals surface area contributed by atoms with Gasteiger partial charge in [-0.05, 0) is 12.1 Å². The maximum Gasteiger partial charge on any atom is 0.239 e. The summed E-state index contributed by atoms with van der Waals surface area (Å²) in [6.07, 6.45) is 1.27. The molecule has 2 N–H and O–H groups in total. The Labute approximate surface area is 86.2 Å². The first-order valence-electron chi connectivity index (χ1n) is 4.10. The van der Waals surface area contributed by atoms with Crippen molar-refractivity contribution < 1.29 is 17.2 Å². The summed E-state index contributed by atoms with van der Waals surface area (Å²) >= 11 is 0. The number of aromatic nitrogens is 1. The van der Waals surface area contributed by atoms with Gasteiger partial charge in [0.05, 0.1) is 11.6 Å². The van der Waals surface area contributed by atoms with E-state index in [-0.39, 0.29) is 10.6 Å². The Morgan fingerprint density at radius 1 is 1.40 bits per heavy atom. The van der Waals surface area contributed by atoms with Crippen LogP contribution in [-0.4, -0.2) is 26.8 Å². The second-order valence-electron chi connectivity index (χ2n) is 2.94. The molecule has 0 bridgehead atoms. The van der Waals surface area contributed by atoms with Crippen LogP contribution < -0.4 is 5.14 Å². The lowest BCUT2D eigenvalue weighted by Crippen LogP contribution is -2.18. The maximum atomic E-state index is 12.4. The zero-order valence-electron chi connectivity index (χ0n) is 7.73. The molecule has 0 radical (unpaired) electrons. The highest BCUT2D eigenvalue weighted by atomic mass is 32.2. The van der Waals surface area contributed by atoms with Gasteiger partial charge >= 0.3 is 0 Å². The van der Waals surface area contributed by atoms with E-state index in [1.165, 1.54) is 18.3 Å². The van der Waals surface area contributed by atoms with E-state index in [1.807, 2.05) is 0 Å². The Morgan fingerprint density at radius 3 is 2.47 bits per heavy atom. The number of hydrogen-bond acceptors (Lipinski definition) is 3. The van der Waals surface area contributed by atoms with E-state index in [1.54, 1.807) is 0 Å². The van der Waals surface area contributed by atoms with Gasteiger partial charge in [0.15, 0.2) is 0 Å². The van der Waals surface area contributed by atoms with Crippen LogP contribution in [0.4, 0.5) is 8.78 Å². The summed E-state index contributed by atoms with van der Waals surface area (Å²) in [6, 6.07) is 2.52. The van der Waals surface area contributed by atoms with E-state index in [9.17, 15) is 17.2 Å². The van der Waals surface area contributed by atoms with Gasteiger partial charge in [-0.3, -0.25) is 13.8 Å². The Morgan fingerprint density at radius 2 is 2.00 bits per heavy atom. The highest BCUT2D eigenvalue weighted by molar-refractivity contribution is 7.89. The van der Waals surface area contributed by atoms with Crippen LogP contribution in [0, 0.1) is 0 Å². The minimum atomic E-state index is -3.99. The predicted octanol–water partition coefficient (Wildman–Crippen LogP) is 0.752. The van der Waals surface area contributed by atoms with E-state index in [2.05, 4.69) is 4.98 Å². The van der Waals surface area contributed by atoms with Gasteiger partial charge < -0.3 is 0 Å². The molecule has 0 saturated heterocycles. The summed E-state index contributed by atoms with van der Waals surface area (Å²) in [5, 5.41) is 4.89. The van der Waals surface area contributed by atoms with Crippen LogP contribution >= 0.6 is 0 Å². The zero-order chi connectivity index (χ0) is 11.5. The average Bonchev–Trinajstić information content (AvgIpc) is 2.19. The number of pyridine rings is 1. The number of halogens is 2. The molecule has 0 atom stereocenters. The van der Waals surface area contributed by atoms with Crippen LogP contribution in [0.5, 0.6) is 0 Å². The van der Waals surface area contributed by atoms with Crippen molar-refractivity contribution in [3.8, 4) is 0 Å². The van der Waals surface area contributed by atoms with E-state index in [0.717, 1.165) is 0 Å². The number of hydrogen-bond donors (Lipinski definition) is 1. The van der Waals surface area contributed by atoms with Crippen molar-refractivity contribution in [2.24, 2.45) is 5.14 Å². The fraction of sp³-hybridized carbons (Fsp3) is 0.375. The molecule has 0 aromatic carbocycles. The molecule has 1 aromatic rings. The molecule has 1 rings (SSSR count). The van der Waals surface area contributed by atoms with Gasteiger partial charge in [-0.25, -0.2) is 13.6 Å². The number of primary sulfonamides is 1. The second kappa shape index (κ2) is 4.63. The first kappa shape index (κ1) is 12.0. The molecule has 0 aliphatic rings. The molecule has 1 heterocycles. The monoisotopic (exact) mass is 236 g/mol. The minimum absolute atomic E-state index is 0.162. The molecule has 0 amide bonds. The number of nitrogens with two attached hydrogens (primary N) is 1. The van der Waals surface area contributed by atoms with Crippen LogP contribution in [0.25, 0.3) is 0 Å². The van der Waals surface area contributed by atoms with Crippen LogP contribution in [0.2, 0.25) is 0 Å². The van der Waals surface area contributed by atoms with Crippen molar-refractivity contribution >= 4 is 10.0 Å². The highest BCUT2D eigenvalue weighted by Crippen LogP contribution is 2.21. The minimum Gasteiger partial charge on any atom is -0.259 e. The quantitative estimate of drug-likeness (QED) is 0.838. The summed E-state index contributed by atoms with van der Waals surface area (Å²) in [4.78, 5) is 3.32. The Hall–Kier alpha value is -1.08. The number of nitrogens with zero attached hydrogens (tertiary/aromatic N) is 1. The van der Waals surface area contributed by atoms with Crippen LogP contribution in [-0.2, 0) is 10.0 Å². The molecule has 0 aliphatic carbocycles. The van der Waals surface area contributed by atoms with Gasteiger partial charge in [-0.2, -0.15) is 0 Å². The summed E-state index contributed by atoms with van der Waals surface area (Å²) in [6.45, 7) is -2.04. The van der Waals surface area contributed by atoms with E-state index in [0.29, 0.717) is 0 Å². The lowest BCUT2D eigenvalue weighted by atomic mass is 10.1. The topological polar surface area (TPSA) is 73.1 Å². The van der Waals surface area contributed by atoms with E-state index >= 15 is 0 Å². The summed E-state index contributed by atoms with van der Waals surface area (Å²) < 4.78 is 47.0. The van der Waals surface area contributed by atoms with Gasteiger partial charge in [0.2, 0.25) is 10.0 Å². The molecular weight excluding hydrogens is 226 g/mol. The molecular formula is C8H10F2N2O2S. The van der Waals surface area contributed by atoms with Crippen LogP contribution in [0.15, 0.2) is 23.2 Å². The van der Waals surface area contributed by atoms with Crippen LogP contribution in [0.3, 0.4) is 0 Å². The molecule has 0 aliphatic heterocycles. The lowest BCUT2D eigenvalue weighted by Gasteiger charge is -2.11. The molecule has 7 heteroatoms. The number of alkyl halides is 2. The van der Waals surface area contributed by atoms with Crippen molar-refractivity contribution in [2.75, 3.05) is 13.3 Å². The van der Waals surface area contributed by atoms with Crippen molar-refractivity contribution in [1.29, 1.82) is 0 Å². The fourth-order valence-corrected chi connectivity index (χ4v) is 1.92. The van der Waals surface area contributed by atoms with Crippen molar-refractivity contribution in [1.82, 2.24) is 4.98 Å². The summed E-state index contributed by atoms with van der Waals surface area (Å²) in [5.41, 5.74) is -0.162. The zero-order valence-corrected chi connectivity index (χ0v) is 8.55. The molecule has 0 spiro atoms. The second-order valence-corrected chi connectivity index (χ2v) is 4.47. The Kier molecular flexibility index (Phi) is 3.70. The van der Waals surface area contributed by atoms with Gasteiger partial charge in [0.1, 0.15) is 18.2 Å². The number of rotatable bonds is 4. The summed E-state index contributed by atoms with van der Waals surface area (Å²) in [5.74, 6) is -1.18. The molecule has 0 fully saturated rings. The maximum absolute atomic E-state index is 12.4. The first-order chi connectivity index (χ1) is 7.00. The third-order valence-electron chi connectivity index (χ3n) is 1.87. The Balaban J connectivity index is 3.29. The molecule has 0 unspecified atom stereocenters. The average molecular weight is 236 g/mol. The lowest BCUT2D eigenvalue weighted by molar-refractivity contribution is 0.345. The highest BCUT2D eigenvalue weighted by Gasteiger charge is 2.22. The smallest absolute Gasteiger partial charge is 0.239 e. The van der Waals surface area contributed by atoms with Crippen molar-refractivity contribution in [2.45, 2.75) is 10.8 Å². The molecule has 4 nitrogen and oxygen atoms in total. The third kappa shape index (κ3) is 2.69. The fourth-order valence-electron chi connectivity index (χ4n) is 1.14. The summed E-state index contributed by atoms with van der Waals surface area (Å²) in [7, 11) is -3.99. The van der Waals surface area contributed by atoms with Crippen molar-refractivity contribution in [3.63, 3.8) is 0 Å². The SMILES string of the molecule is NS(=O)(=O)c1cccnc1C(CF)CF. The largest absolute Gasteiger partial charge is 0.259 e. The van der Waals surface area contributed by atoms with Gasteiger partial charge in [-0.15, -0.1) is 0 Å². The third-order valence-corrected chi connectivity index (χ3v) is 2.82. The van der Waals surface area contributed by atoms with E-state index in [4.69, 9.17) is 5.14 Å². The van der Waals surface area contributed by atoms with Gasteiger partial charge in [0.25, 0.3) is 0 Å².